The summed E-state index contributed by atoms with van der Waals surface area (Å²) in [6, 6.07) is 5.06. The van der Waals surface area contributed by atoms with Crippen molar-refractivity contribution in [2.75, 3.05) is 11.3 Å². The largest absolute Gasteiger partial charge is 0.480 e. The Morgan fingerprint density at radius 2 is 2.19 bits per heavy atom. The van der Waals surface area contributed by atoms with Crippen molar-refractivity contribution in [1.29, 1.82) is 0 Å². The number of carbonyl (C=O) groups excluding carboxylic acids is 1. The second-order valence-electron chi connectivity index (χ2n) is 5.74. The molecule has 26 heavy (non-hydrogen) atoms. The number of nitrogens with one attached hydrogen (secondary N) is 3. The molecule has 0 radical (unpaired) electrons. The maximum absolute atomic E-state index is 12.1. The minimum atomic E-state index is -4.14. The number of nitrogens with zero attached hydrogens (tertiary/aromatic N) is 1. The van der Waals surface area contributed by atoms with Gasteiger partial charge in [-0.3, -0.25) is 14.3 Å². The first-order valence-corrected chi connectivity index (χ1v) is 9.27. The first-order valence-electron chi connectivity index (χ1n) is 7.79. The average molecular weight is 384 g/mol. The van der Waals surface area contributed by atoms with E-state index in [1.807, 2.05) is 4.72 Å². The molecule has 10 nitrogen and oxygen atoms in total. The van der Waals surface area contributed by atoms with Crippen LogP contribution in [0.25, 0.3) is 0 Å². The zero-order valence-corrected chi connectivity index (χ0v) is 14.8. The molecule has 0 bridgehead atoms. The number of aliphatic carboxylic acids is 1. The Bertz CT molecular complexity index is 787. The second-order valence-corrected chi connectivity index (χ2v) is 7.19. The molecular formula is C15H20N4O6S. The maximum Gasteiger partial charge on any atom is 0.323 e. The highest BCUT2D eigenvalue weighted by Crippen LogP contribution is 2.11. The standard InChI is InChI=1S/C15H20N4O6S/c1-10-3-2-4-11(7-10)18-26(23,24)19-13(15(21)22)9-16-14(20)8-12-5-6-17-25-12/h2-4,6-7,12-13,18-19H,5,8-9H2,1H3,(H,16,20)(H,21,22)/t12-,13+/m1/s1. The zero-order valence-electron chi connectivity index (χ0n) is 14.0. The van der Waals surface area contributed by atoms with E-state index in [0.29, 0.717) is 12.1 Å². The van der Waals surface area contributed by atoms with Crippen molar-refractivity contribution in [2.24, 2.45) is 5.16 Å². The molecule has 1 aliphatic rings. The second kappa shape index (κ2) is 8.63. The van der Waals surface area contributed by atoms with Crippen LogP contribution in [0, 0.1) is 6.92 Å². The van der Waals surface area contributed by atoms with Crippen molar-refractivity contribution in [3.05, 3.63) is 29.8 Å². The van der Waals surface area contributed by atoms with Crippen molar-refractivity contribution >= 4 is 34.0 Å². The lowest BCUT2D eigenvalue weighted by Crippen LogP contribution is -2.50. The van der Waals surface area contributed by atoms with Crippen LogP contribution < -0.4 is 14.8 Å². The number of oxime groups is 1. The van der Waals surface area contributed by atoms with Crippen LogP contribution in [0.2, 0.25) is 0 Å². The average Bonchev–Trinajstić information content (AvgIpc) is 3.03. The van der Waals surface area contributed by atoms with Crippen LogP contribution in [0.15, 0.2) is 29.4 Å². The molecule has 0 spiro atoms. The quantitative estimate of drug-likeness (QED) is 0.470. The molecule has 1 heterocycles. The fourth-order valence-electron chi connectivity index (χ4n) is 2.21. The smallest absolute Gasteiger partial charge is 0.323 e. The van der Waals surface area contributed by atoms with Gasteiger partial charge in [-0.2, -0.15) is 13.1 Å². The zero-order chi connectivity index (χ0) is 19.2. The van der Waals surface area contributed by atoms with E-state index in [4.69, 9.17) is 4.84 Å². The van der Waals surface area contributed by atoms with E-state index in [9.17, 15) is 23.1 Å². The number of amides is 1. The van der Waals surface area contributed by atoms with Crippen LogP contribution >= 0.6 is 0 Å². The summed E-state index contributed by atoms with van der Waals surface area (Å²) in [6.07, 6.45) is 1.63. The Kier molecular flexibility index (Phi) is 6.52. The summed E-state index contributed by atoms with van der Waals surface area (Å²) in [5, 5.41) is 15.1. The van der Waals surface area contributed by atoms with E-state index in [-0.39, 0.29) is 6.42 Å². The first kappa shape index (κ1) is 19.7. The maximum atomic E-state index is 12.1. The monoisotopic (exact) mass is 384 g/mol. The van der Waals surface area contributed by atoms with E-state index >= 15 is 0 Å². The summed E-state index contributed by atoms with van der Waals surface area (Å²) in [5.41, 5.74) is 1.13. The summed E-state index contributed by atoms with van der Waals surface area (Å²) in [4.78, 5) is 28.0. The third-order valence-electron chi connectivity index (χ3n) is 3.43. The number of rotatable bonds is 9. The Morgan fingerprint density at radius 1 is 1.42 bits per heavy atom. The molecule has 1 aromatic carbocycles. The number of benzene rings is 1. The van der Waals surface area contributed by atoms with Crippen molar-refractivity contribution in [2.45, 2.75) is 31.9 Å². The van der Waals surface area contributed by atoms with Crippen molar-refractivity contribution in [1.82, 2.24) is 10.0 Å². The predicted molar refractivity (Wildman–Crippen MR) is 93.9 cm³/mol. The van der Waals surface area contributed by atoms with Gasteiger partial charge in [0.05, 0.1) is 6.42 Å². The van der Waals surface area contributed by atoms with Gasteiger partial charge in [-0.05, 0) is 24.6 Å². The highest BCUT2D eigenvalue weighted by atomic mass is 32.2. The molecule has 0 aliphatic carbocycles. The van der Waals surface area contributed by atoms with Crippen LogP contribution in [-0.4, -0.2) is 50.3 Å². The number of carboxylic acids is 1. The van der Waals surface area contributed by atoms with Crippen LogP contribution in [0.1, 0.15) is 18.4 Å². The number of anilines is 1. The van der Waals surface area contributed by atoms with Crippen LogP contribution in [0.3, 0.4) is 0 Å². The van der Waals surface area contributed by atoms with Crippen molar-refractivity contribution < 1.29 is 28.0 Å². The molecule has 1 amide bonds. The molecule has 4 N–H and O–H groups in total. The molecule has 11 heteroatoms. The summed E-state index contributed by atoms with van der Waals surface area (Å²) >= 11 is 0. The Morgan fingerprint density at radius 3 is 2.81 bits per heavy atom. The van der Waals surface area contributed by atoms with Gasteiger partial charge < -0.3 is 15.3 Å². The molecule has 0 unspecified atom stereocenters. The SMILES string of the molecule is Cc1cccc(NS(=O)(=O)N[C@@H](CNC(=O)C[C@H]2CC=NO2)C(=O)O)c1. The van der Waals surface area contributed by atoms with E-state index in [2.05, 4.69) is 15.2 Å². The topological polar surface area (TPSA) is 146 Å². The fraction of sp³-hybridized carbons (Fsp3) is 0.400. The molecule has 0 aromatic heterocycles. The Balaban J connectivity index is 1.89. The minimum absolute atomic E-state index is 0.000626. The highest BCUT2D eigenvalue weighted by Gasteiger charge is 2.25. The van der Waals surface area contributed by atoms with Crippen LogP contribution in [0.4, 0.5) is 5.69 Å². The van der Waals surface area contributed by atoms with Gasteiger partial charge in [0.25, 0.3) is 10.2 Å². The van der Waals surface area contributed by atoms with Crippen LogP contribution in [0.5, 0.6) is 0 Å². The summed E-state index contributed by atoms with van der Waals surface area (Å²) in [5.74, 6) is -1.88. The fourth-order valence-corrected chi connectivity index (χ4v) is 3.26. The molecule has 0 saturated heterocycles. The molecule has 1 aliphatic heterocycles. The third kappa shape index (κ3) is 6.33. The molecular weight excluding hydrogens is 364 g/mol. The number of carbonyl (C=O) groups is 2. The predicted octanol–water partition coefficient (Wildman–Crippen LogP) is -0.0245. The first-order chi connectivity index (χ1) is 12.2. The molecule has 2 atom stereocenters. The number of hydrogen-bond donors (Lipinski definition) is 4. The third-order valence-corrected chi connectivity index (χ3v) is 4.53. The summed E-state index contributed by atoms with van der Waals surface area (Å²) in [7, 11) is -4.14. The minimum Gasteiger partial charge on any atom is -0.480 e. The van der Waals surface area contributed by atoms with E-state index in [1.54, 1.807) is 25.1 Å². The number of carboxylic acid groups (broad SMARTS) is 1. The highest BCUT2D eigenvalue weighted by molar-refractivity contribution is 7.90. The Labute approximate surface area is 150 Å². The van der Waals surface area contributed by atoms with Gasteiger partial charge in [0.2, 0.25) is 5.91 Å². The van der Waals surface area contributed by atoms with Crippen molar-refractivity contribution in [3.63, 3.8) is 0 Å². The molecule has 0 saturated carbocycles. The van der Waals surface area contributed by atoms with Gasteiger partial charge >= 0.3 is 5.97 Å². The molecule has 2 rings (SSSR count). The van der Waals surface area contributed by atoms with Crippen molar-refractivity contribution in [3.8, 4) is 0 Å². The van der Waals surface area contributed by atoms with Gasteiger partial charge in [0.1, 0.15) is 12.1 Å². The lowest BCUT2D eigenvalue weighted by Gasteiger charge is -2.17. The molecule has 0 fully saturated rings. The lowest BCUT2D eigenvalue weighted by molar-refractivity contribution is -0.138. The number of hydrogen-bond acceptors (Lipinski definition) is 6. The van der Waals surface area contributed by atoms with Gasteiger partial charge in [0, 0.05) is 24.9 Å². The van der Waals surface area contributed by atoms with Gasteiger partial charge in [-0.25, -0.2) is 0 Å². The molecule has 142 valence electrons. The number of aryl methyl sites for hydroxylation is 1. The molecule has 1 aromatic rings. The van der Waals surface area contributed by atoms with E-state index in [1.165, 1.54) is 12.3 Å². The van der Waals surface area contributed by atoms with E-state index in [0.717, 1.165) is 5.56 Å². The van der Waals surface area contributed by atoms with E-state index < -0.39 is 40.8 Å². The van der Waals surface area contributed by atoms with Gasteiger partial charge in [0.15, 0.2) is 0 Å². The van der Waals surface area contributed by atoms with Gasteiger partial charge in [-0.1, -0.05) is 17.3 Å². The summed E-state index contributed by atoms with van der Waals surface area (Å²) < 4.78 is 28.5. The normalized spacial score (nSPS) is 17.3. The van der Waals surface area contributed by atoms with Crippen LogP contribution in [-0.2, 0) is 24.6 Å². The Hall–Kier alpha value is -2.66. The van der Waals surface area contributed by atoms with Gasteiger partial charge in [-0.15, -0.1) is 0 Å². The summed E-state index contributed by atoms with van der Waals surface area (Å²) in [6.45, 7) is 1.39. The lowest BCUT2D eigenvalue weighted by atomic mass is 10.2.